The van der Waals surface area contributed by atoms with E-state index in [0.717, 1.165) is 5.56 Å². The number of rotatable bonds is 2. The molecule has 0 aromatic carbocycles. The minimum Gasteiger partial charge on any atom is -0.459 e. The van der Waals surface area contributed by atoms with Gasteiger partial charge in [-0.25, -0.2) is 4.98 Å². The second kappa shape index (κ2) is 4.49. The van der Waals surface area contributed by atoms with Crippen molar-refractivity contribution in [3.8, 4) is 6.07 Å². The number of amides is 1. The summed E-state index contributed by atoms with van der Waals surface area (Å²) >= 11 is 0. The number of pyridine rings is 1. The van der Waals surface area contributed by atoms with Gasteiger partial charge in [0.25, 0.3) is 5.91 Å². The first-order valence-corrected chi connectivity index (χ1v) is 4.92. The monoisotopic (exact) mass is 227 g/mol. The summed E-state index contributed by atoms with van der Waals surface area (Å²) in [6.07, 6.45) is 2.85. The van der Waals surface area contributed by atoms with Crippen molar-refractivity contribution in [2.75, 3.05) is 5.32 Å². The molecule has 2 rings (SSSR count). The predicted molar refractivity (Wildman–Crippen MR) is 60.4 cm³/mol. The molecule has 84 valence electrons. The lowest BCUT2D eigenvalue weighted by Gasteiger charge is -2.02. The number of nitriles is 1. The third kappa shape index (κ3) is 2.32. The summed E-state index contributed by atoms with van der Waals surface area (Å²) in [5.41, 5.74) is 1.20. The van der Waals surface area contributed by atoms with Gasteiger partial charge in [0, 0.05) is 11.8 Å². The van der Waals surface area contributed by atoms with Crippen LogP contribution in [0.15, 0.2) is 35.1 Å². The van der Waals surface area contributed by atoms with Crippen LogP contribution in [0, 0.1) is 18.3 Å². The van der Waals surface area contributed by atoms with E-state index in [9.17, 15) is 4.79 Å². The fourth-order valence-corrected chi connectivity index (χ4v) is 1.31. The molecule has 0 aliphatic carbocycles. The number of hydrogen-bond donors (Lipinski definition) is 1. The highest BCUT2D eigenvalue weighted by molar-refractivity contribution is 6.02. The Balaban J connectivity index is 2.14. The van der Waals surface area contributed by atoms with E-state index in [1.807, 2.05) is 6.07 Å². The van der Waals surface area contributed by atoms with Gasteiger partial charge in [0.1, 0.15) is 11.9 Å². The molecule has 0 unspecified atom stereocenters. The van der Waals surface area contributed by atoms with Gasteiger partial charge in [-0.2, -0.15) is 5.26 Å². The third-order valence-electron chi connectivity index (χ3n) is 2.20. The van der Waals surface area contributed by atoms with Crippen molar-refractivity contribution >= 4 is 11.7 Å². The van der Waals surface area contributed by atoms with Crippen LogP contribution in [-0.2, 0) is 0 Å². The second-order valence-electron chi connectivity index (χ2n) is 3.43. The van der Waals surface area contributed by atoms with Gasteiger partial charge in [0.15, 0.2) is 5.76 Å². The molecule has 2 aromatic rings. The van der Waals surface area contributed by atoms with Crippen LogP contribution in [0.2, 0.25) is 0 Å². The maximum absolute atomic E-state index is 11.7. The van der Waals surface area contributed by atoms with Crippen molar-refractivity contribution in [1.29, 1.82) is 5.26 Å². The summed E-state index contributed by atoms with van der Waals surface area (Å²) < 4.78 is 5.05. The summed E-state index contributed by atoms with van der Waals surface area (Å²) in [5, 5.41) is 11.2. The Labute approximate surface area is 97.7 Å². The summed E-state index contributed by atoms with van der Waals surface area (Å²) in [6.45, 7) is 1.78. The summed E-state index contributed by atoms with van der Waals surface area (Å²) in [4.78, 5) is 15.7. The van der Waals surface area contributed by atoms with E-state index < -0.39 is 0 Å². The molecule has 0 fully saturated rings. The number of furan rings is 1. The lowest BCUT2D eigenvalue weighted by atomic mass is 10.2. The number of anilines is 1. The zero-order chi connectivity index (χ0) is 12.3. The number of carbonyl (C=O) groups is 1. The van der Waals surface area contributed by atoms with Gasteiger partial charge in [-0.3, -0.25) is 4.79 Å². The molecule has 0 atom stereocenters. The standard InChI is InChI=1S/C12H9N3O2/c1-8-4-5-17-11(8)12(16)15-10-3-2-9(6-13)7-14-10/h2-5,7H,1H3,(H,14,15,16). The number of aryl methyl sites for hydroxylation is 1. The van der Waals surface area contributed by atoms with Gasteiger partial charge in [-0.05, 0) is 25.1 Å². The van der Waals surface area contributed by atoms with Gasteiger partial charge in [0.05, 0.1) is 11.8 Å². The maximum atomic E-state index is 11.7. The van der Waals surface area contributed by atoms with Crippen LogP contribution in [0.5, 0.6) is 0 Å². The van der Waals surface area contributed by atoms with E-state index >= 15 is 0 Å². The van der Waals surface area contributed by atoms with E-state index in [0.29, 0.717) is 11.4 Å². The Morgan fingerprint density at radius 1 is 1.47 bits per heavy atom. The van der Waals surface area contributed by atoms with Crippen molar-refractivity contribution < 1.29 is 9.21 Å². The van der Waals surface area contributed by atoms with Crippen molar-refractivity contribution in [3.05, 3.63) is 47.5 Å². The van der Waals surface area contributed by atoms with E-state index in [-0.39, 0.29) is 11.7 Å². The summed E-state index contributed by atoms with van der Waals surface area (Å²) in [7, 11) is 0. The van der Waals surface area contributed by atoms with Crippen LogP contribution >= 0.6 is 0 Å². The maximum Gasteiger partial charge on any atom is 0.292 e. The number of nitrogens with zero attached hydrogens (tertiary/aromatic N) is 2. The van der Waals surface area contributed by atoms with Gasteiger partial charge in [-0.15, -0.1) is 0 Å². The van der Waals surface area contributed by atoms with Crippen LogP contribution in [0.1, 0.15) is 21.7 Å². The van der Waals surface area contributed by atoms with Gasteiger partial charge < -0.3 is 9.73 Å². The molecule has 0 aliphatic rings. The molecule has 0 radical (unpaired) electrons. The molecule has 0 spiro atoms. The molecule has 1 amide bonds. The Morgan fingerprint density at radius 3 is 2.82 bits per heavy atom. The molecule has 0 aliphatic heterocycles. The minimum absolute atomic E-state index is 0.260. The smallest absolute Gasteiger partial charge is 0.292 e. The van der Waals surface area contributed by atoms with E-state index in [4.69, 9.17) is 9.68 Å². The largest absolute Gasteiger partial charge is 0.459 e. The average molecular weight is 227 g/mol. The second-order valence-corrected chi connectivity index (χ2v) is 3.43. The molecule has 2 aromatic heterocycles. The zero-order valence-corrected chi connectivity index (χ0v) is 9.10. The van der Waals surface area contributed by atoms with Crippen molar-refractivity contribution in [3.63, 3.8) is 0 Å². The number of carbonyl (C=O) groups excluding carboxylic acids is 1. The molecular weight excluding hydrogens is 218 g/mol. The summed E-state index contributed by atoms with van der Waals surface area (Å²) in [6, 6.07) is 6.81. The fourth-order valence-electron chi connectivity index (χ4n) is 1.31. The van der Waals surface area contributed by atoms with Crippen LogP contribution in [0.25, 0.3) is 0 Å². The normalized spacial score (nSPS) is 9.65. The molecular formula is C12H9N3O2. The van der Waals surface area contributed by atoms with E-state index in [2.05, 4.69) is 10.3 Å². The first-order chi connectivity index (χ1) is 8.20. The van der Waals surface area contributed by atoms with Crippen LogP contribution in [0.4, 0.5) is 5.82 Å². The Kier molecular flexibility index (Phi) is 2.88. The molecule has 2 heterocycles. The van der Waals surface area contributed by atoms with Gasteiger partial charge in [0.2, 0.25) is 0 Å². The van der Waals surface area contributed by atoms with Gasteiger partial charge >= 0.3 is 0 Å². The average Bonchev–Trinajstić information content (AvgIpc) is 2.76. The number of nitrogens with one attached hydrogen (secondary N) is 1. The molecule has 5 nitrogen and oxygen atoms in total. The Bertz CT molecular complexity index is 579. The lowest BCUT2D eigenvalue weighted by molar-refractivity contribution is 0.0995. The highest BCUT2D eigenvalue weighted by atomic mass is 16.3. The predicted octanol–water partition coefficient (Wildman–Crippen LogP) is 2.11. The molecule has 0 saturated heterocycles. The molecule has 0 bridgehead atoms. The molecule has 0 saturated carbocycles. The summed E-state index contributed by atoms with van der Waals surface area (Å²) in [5.74, 6) is 0.283. The molecule has 17 heavy (non-hydrogen) atoms. The Hall–Kier alpha value is -2.61. The quantitative estimate of drug-likeness (QED) is 0.852. The van der Waals surface area contributed by atoms with Gasteiger partial charge in [-0.1, -0.05) is 0 Å². The molecule has 1 N–H and O–H groups in total. The lowest BCUT2D eigenvalue weighted by Crippen LogP contribution is -2.13. The van der Waals surface area contributed by atoms with Crippen molar-refractivity contribution in [2.45, 2.75) is 6.92 Å². The highest BCUT2D eigenvalue weighted by Crippen LogP contribution is 2.11. The van der Waals surface area contributed by atoms with Crippen molar-refractivity contribution in [1.82, 2.24) is 4.98 Å². The topological polar surface area (TPSA) is 78.9 Å². The zero-order valence-electron chi connectivity index (χ0n) is 9.10. The van der Waals surface area contributed by atoms with Crippen molar-refractivity contribution in [2.24, 2.45) is 0 Å². The van der Waals surface area contributed by atoms with Crippen LogP contribution in [0.3, 0.4) is 0 Å². The fraction of sp³-hybridized carbons (Fsp3) is 0.0833. The number of aromatic nitrogens is 1. The van der Waals surface area contributed by atoms with Crippen LogP contribution < -0.4 is 5.32 Å². The first-order valence-electron chi connectivity index (χ1n) is 4.92. The third-order valence-corrected chi connectivity index (χ3v) is 2.20. The first kappa shape index (κ1) is 10.9. The van der Waals surface area contributed by atoms with E-state index in [1.54, 1.807) is 25.1 Å². The van der Waals surface area contributed by atoms with E-state index in [1.165, 1.54) is 12.5 Å². The SMILES string of the molecule is Cc1ccoc1C(=O)Nc1ccc(C#N)cn1. The van der Waals surface area contributed by atoms with Crippen LogP contribution in [-0.4, -0.2) is 10.9 Å². The Morgan fingerprint density at radius 2 is 2.29 bits per heavy atom. The highest BCUT2D eigenvalue weighted by Gasteiger charge is 2.12. The number of hydrogen-bond acceptors (Lipinski definition) is 4. The minimum atomic E-state index is -0.357. The molecule has 5 heteroatoms.